The first kappa shape index (κ1) is 16.5. The molecule has 0 spiro atoms. The van der Waals surface area contributed by atoms with E-state index in [4.69, 9.17) is 4.74 Å². The average Bonchev–Trinajstić information content (AvgIpc) is 2.95. The van der Waals surface area contributed by atoms with Crippen molar-refractivity contribution in [2.45, 2.75) is 39.8 Å². The summed E-state index contributed by atoms with van der Waals surface area (Å²) < 4.78 is 5.28. The van der Waals surface area contributed by atoms with Gasteiger partial charge in [0.25, 0.3) is 0 Å². The standard InChI is InChI=1S/C20H25N3O/c1-13-8-18-19(9-14(13)2)23-20(22-18)12-21-15(3)10-16-6-5-7-17(11-16)24-4/h5-9,11,15,21H,10,12H2,1-4H3,(H,22,23)/t15-/m0/s1. The number of nitrogens with zero attached hydrogens (tertiary/aromatic N) is 1. The van der Waals surface area contributed by atoms with Crippen molar-refractivity contribution in [2.24, 2.45) is 0 Å². The fourth-order valence-corrected chi connectivity index (χ4v) is 2.90. The Balaban J connectivity index is 1.62. The average molecular weight is 323 g/mol. The number of aryl methyl sites for hydroxylation is 2. The lowest BCUT2D eigenvalue weighted by Crippen LogP contribution is -2.28. The smallest absolute Gasteiger partial charge is 0.121 e. The quantitative estimate of drug-likeness (QED) is 0.723. The molecule has 3 aromatic rings. The number of aromatic nitrogens is 2. The van der Waals surface area contributed by atoms with Gasteiger partial charge >= 0.3 is 0 Å². The molecule has 0 saturated heterocycles. The number of methoxy groups -OCH3 is 1. The van der Waals surface area contributed by atoms with Gasteiger partial charge in [-0.05, 0) is 68.1 Å². The van der Waals surface area contributed by atoms with Gasteiger partial charge in [-0.2, -0.15) is 0 Å². The zero-order valence-corrected chi connectivity index (χ0v) is 14.8. The molecule has 3 rings (SSSR count). The third-order valence-corrected chi connectivity index (χ3v) is 4.44. The largest absolute Gasteiger partial charge is 0.497 e. The first-order chi connectivity index (χ1) is 11.5. The van der Waals surface area contributed by atoms with E-state index in [-0.39, 0.29) is 0 Å². The lowest BCUT2D eigenvalue weighted by atomic mass is 10.1. The highest BCUT2D eigenvalue weighted by Crippen LogP contribution is 2.17. The predicted molar refractivity (Wildman–Crippen MR) is 98.6 cm³/mol. The van der Waals surface area contributed by atoms with Crippen molar-refractivity contribution >= 4 is 11.0 Å². The maximum Gasteiger partial charge on any atom is 0.121 e. The van der Waals surface area contributed by atoms with Crippen LogP contribution in [0.1, 0.15) is 29.4 Å². The Morgan fingerprint density at radius 3 is 2.75 bits per heavy atom. The number of H-pyrrole nitrogens is 1. The minimum atomic E-state index is 0.355. The fraction of sp³-hybridized carbons (Fsp3) is 0.350. The van der Waals surface area contributed by atoms with Crippen LogP contribution in [0.25, 0.3) is 11.0 Å². The van der Waals surface area contributed by atoms with Gasteiger partial charge in [-0.1, -0.05) is 12.1 Å². The van der Waals surface area contributed by atoms with E-state index >= 15 is 0 Å². The van der Waals surface area contributed by atoms with E-state index in [0.717, 1.165) is 35.6 Å². The van der Waals surface area contributed by atoms with Crippen molar-refractivity contribution in [3.8, 4) is 5.75 Å². The summed E-state index contributed by atoms with van der Waals surface area (Å²) in [5.41, 5.74) is 5.98. The Labute approximate surface area is 143 Å². The van der Waals surface area contributed by atoms with Crippen LogP contribution in [0.2, 0.25) is 0 Å². The van der Waals surface area contributed by atoms with Crippen molar-refractivity contribution in [1.29, 1.82) is 0 Å². The van der Waals surface area contributed by atoms with Crippen molar-refractivity contribution in [2.75, 3.05) is 7.11 Å². The molecular formula is C20H25N3O. The third-order valence-electron chi connectivity index (χ3n) is 4.44. The molecule has 126 valence electrons. The molecule has 1 heterocycles. The highest BCUT2D eigenvalue weighted by Gasteiger charge is 2.08. The van der Waals surface area contributed by atoms with E-state index in [0.29, 0.717) is 6.04 Å². The number of hydrogen-bond acceptors (Lipinski definition) is 3. The molecule has 0 fully saturated rings. The number of aromatic amines is 1. The second kappa shape index (κ2) is 7.05. The molecule has 0 aliphatic heterocycles. The minimum Gasteiger partial charge on any atom is -0.497 e. The second-order valence-corrected chi connectivity index (χ2v) is 6.47. The summed E-state index contributed by atoms with van der Waals surface area (Å²) in [4.78, 5) is 8.09. The van der Waals surface area contributed by atoms with Gasteiger partial charge in [0, 0.05) is 6.04 Å². The van der Waals surface area contributed by atoms with Gasteiger partial charge in [-0.25, -0.2) is 4.98 Å². The highest BCUT2D eigenvalue weighted by atomic mass is 16.5. The topological polar surface area (TPSA) is 49.9 Å². The van der Waals surface area contributed by atoms with Crippen LogP contribution < -0.4 is 10.1 Å². The molecule has 0 saturated carbocycles. The van der Waals surface area contributed by atoms with E-state index in [1.54, 1.807) is 7.11 Å². The van der Waals surface area contributed by atoms with Crippen LogP contribution in [-0.2, 0) is 13.0 Å². The van der Waals surface area contributed by atoms with E-state index < -0.39 is 0 Å². The van der Waals surface area contributed by atoms with Gasteiger partial charge in [0.1, 0.15) is 11.6 Å². The van der Waals surface area contributed by atoms with E-state index in [9.17, 15) is 0 Å². The Morgan fingerprint density at radius 1 is 1.17 bits per heavy atom. The van der Waals surface area contributed by atoms with E-state index in [1.807, 2.05) is 12.1 Å². The van der Waals surface area contributed by atoms with Crippen LogP contribution in [0.15, 0.2) is 36.4 Å². The summed E-state index contributed by atoms with van der Waals surface area (Å²) in [6.45, 7) is 7.18. The normalized spacial score (nSPS) is 12.5. The number of imidazole rings is 1. The summed E-state index contributed by atoms with van der Waals surface area (Å²) in [5.74, 6) is 1.88. The molecule has 24 heavy (non-hydrogen) atoms. The third kappa shape index (κ3) is 3.77. The number of rotatable bonds is 6. The molecule has 0 bridgehead atoms. The minimum absolute atomic E-state index is 0.355. The molecule has 0 aliphatic rings. The van der Waals surface area contributed by atoms with Gasteiger partial charge in [-0.15, -0.1) is 0 Å². The number of benzene rings is 2. The molecule has 0 radical (unpaired) electrons. The van der Waals surface area contributed by atoms with Crippen molar-refractivity contribution < 1.29 is 4.74 Å². The van der Waals surface area contributed by atoms with Crippen LogP contribution in [0.4, 0.5) is 0 Å². The summed E-state index contributed by atoms with van der Waals surface area (Å²) >= 11 is 0. The maximum atomic E-state index is 5.28. The molecule has 0 amide bonds. The van der Waals surface area contributed by atoms with Gasteiger partial charge < -0.3 is 15.0 Å². The predicted octanol–water partition coefficient (Wildman–Crippen LogP) is 3.91. The molecule has 0 unspecified atom stereocenters. The lowest BCUT2D eigenvalue weighted by Gasteiger charge is -2.13. The number of hydrogen-bond donors (Lipinski definition) is 2. The zero-order chi connectivity index (χ0) is 17.1. The molecule has 1 atom stereocenters. The van der Waals surface area contributed by atoms with Crippen LogP contribution >= 0.6 is 0 Å². The lowest BCUT2D eigenvalue weighted by molar-refractivity contribution is 0.414. The number of nitrogens with one attached hydrogen (secondary N) is 2. The maximum absolute atomic E-state index is 5.28. The Kier molecular flexibility index (Phi) is 4.86. The molecule has 4 nitrogen and oxygen atoms in total. The molecule has 2 N–H and O–H groups in total. The molecule has 4 heteroatoms. The fourth-order valence-electron chi connectivity index (χ4n) is 2.90. The van der Waals surface area contributed by atoms with Crippen molar-refractivity contribution in [3.05, 3.63) is 58.9 Å². The SMILES string of the molecule is COc1cccc(C[C@H](C)NCc2nc3cc(C)c(C)cc3[nH]2)c1. The molecular weight excluding hydrogens is 298 g/mol. The Bertz CT molecular complexity index is 799. The molecule has 0 aliphatic carbocycles. The second-order valence-electron chi connectivity index (χ2n) is 6.47. The Morgan fingerprint density at radius 2 is 1.96 bits per heavy atom. The Hall–Kier alpha value is -2.33. The molecule has 2 aromatic carbocycles. The van der Waals surface area contributed by atoms with Gasteiger partial charge in [0.15, 0.2) is 0 Å². The van der Waals surface area contributed by atoms with Gasteiger partial charge in [0.2, 0.25) is 0 Å². The van der Waals surface area contributed by atoms with Crippen molar-refractivity contribution in [3.63, 3.8) is 0 Å². The highest BCUT2D eigenvalue weighted by molar-refractivity contribution is 5.77. The zero-order valence-electron chi connectivity index (χ0n) is 14.8. The van der Waals surface area contributed by atoms with Crippen LogP contribution in [0.5, 0.6) is 5.75 Å². The summed E-state index contributed by atoms with van der Waals surface area (Å²) in [7, 11) is 1.70. The van der Waals surface area contributed by atoms with Crippen LogP contribution in [0.3, 0.4) is 0 Å². The first-order valence-corrected chi connectivity index (χ1v) is 8.37. The van der Waals surface area contributed by atoms with E-state index in [2.05, 4.69) is 60.3 Å². The van der Waals surface area contributed by atoms with Crippen LogP contribution in [0, 0.1) is 13.8 Å². The summed E-state index contributed by atoms with van der Waals surface area (Å²) in [6.07, 6.45) is 0.954. The number of ether oxygens (including phenoxy) is 1. The first-order valence-electron chi connectivity index (χ1n) is 8.37. The summed E-state index contributed by atoms with van der Waals surface area (Å²) in [6, 6.07) is 12.9. The molecule has 1 aromatic heterocycles. The summed E-state index contributed by atoms with van der Waals surface area (Å²) in [5, 5.41) is 3.54. The van der Waals surface area contributed by atoms with Gasteiger partial charge in [0.05, 0.1) is 24.7 Å². The van der Waals surface area contributed by atoms with E-state index in [1.165, 1.54) is 16.7 Å². The number of fused-ring (bicyclic) bond motifs is 1. The van der Waals surface area contributed by atoms with Crippen LogP contribution in [-0.4, -0.2) is 23.1 Å². The van der Waals surface area contributed by atoms with Crippen molar-refractivity contribution in [1.82, 2.24) is 15.3 Å². The van der Waals surface area contributed by atoms with Gasteiger partial charge in [-0.3, -0.25) is 0 Å². The monoisotopic (exact) mass is 323 g/mol.